The highest BCUT2D eigenvalue weighted by atomic mass is 16.5. The average molecular weight is 201 g/mol. The molecule has 0 amide bonds. The lowest BCUT2D eigenvalue weighted by Gasteiger charge is -2.17. The molecule has 0 radical (unpaired) electrons. The van der Waals surface area contributed by atoms with Crippen LogP contribution in [0.4, 0.5) is 0 Å². The molecule has 0 spiro atoms. The van der Waals surface area contributed by atoms with Crippen molar-refractivity contribution >= 4 is 5.97 Å². The predicted molar refractivity (Wildman–Crippen MR) is 53.2 cm³/mol. The maximum atomic E-state index is 10.4. The molecule has 1 fully saturated rings. The highest BCUT2D eigenvalue weighted by Crippen LogP contribution is 2.19. The zero-order valence-electron chi connectivity index (χ0n) is 8.82. The fourth-order valence-electron chi connectivity index (χ4n) is 1.73. The molecule has 4 nitrogen and oxygen atoms in total. The summed E-state index contributed by atoms with van der Waals surface area (Å²) in [6, 6.07) is 0.0419. The minimum atomic E-state index is -0.749. The van der Waals surface area contributed by atoms with Crippen molar-refractivity contribution in [3.8, 4) is 0 Å². The van der Waals surface area contributed by atoms with Crippen LogP contribution >= 0.6 is 0 Å². The van der Waals surface area contributed by atoms with Gasteiger partial charge in [-0.15, -0.1) is 0 Å². The quantitative estimate of drug-likeness (QED) is 0.692. The van der Waals surface area contributed by atoms with E-state index in [-0.39, 0.29) is 12.5 Å². The number of ether oxygens (including phenoxy) is 1. The first-order valence-corrected chi connectivity index (χ1v) is 5.16. The van der Waals surface area contributed by atoms with Crippen molar-refractivity contribution in [3.63, 3.8) is 0 Å². The lowest BCUT2D eigenvalue weighted by Crippen LogP contribution is -2.34. The largest absolute Gasteiger partial charge is 0.481 e. The highest BCUT2D eigenvalue weighted by molar-refractivity contribution is 5.67. The van der Waals surface area contributed by atoms with E-state index in [1.54, 1.807) is 0 Å². The SMILES string of the molecule is CC(CC(=O)O)NCC1CCOC1C. The molecular formula is C10H19NO3. The van der Waals surface area contributed by atoms with Crippen LogP contribution in [0, 0.1) is 5.92 Å². The normalized spacial score (nSPS) is 29.0. The van der Waals surface area contributed by atoms with Gasteiger partial charge in [-0.25, -0.2) is 0 Å². The van der Waals surface area contributed by atoms with Crippen LogP contribution in [0.1, 0.15) is 26.7 Å². The van der Waals surface area contributed by atoms with Gasteiger partial charge in [-0.05, 0) is 26.2 Å². The Hall–Kier alpha value is -0.610. The summed E-state index contributed by atoms with van der Waals surface area (Å²) in [4.78, 5) is 10.4. The molecule has 1 rings (SSSR count). The summed E-state index contributed by atoms with van der Waals surface area (Å²) in [6.45, 7) is 5.66. The predicted octanol–water partition coefficient (Wildman–Crippen LogP) is 0.864. The van der Waals surface area contributed by atoms with Crippen LogP contribution in [-0.4, -0.2) is 36.4 Å². The fraction of sp³-hybridized carbons (Fsp3) is 0.900. The molecule has 1 aliphatic rings. The summed E-state index contributed by atoms with van der Waals surface area (Å²) >= 11 is 0. The molecule has 0 aromatic rings. The van der Waals surface area contributed by atoms with Crippen LogP contribution in [-0.2, 0) is 9.53 Å². The molecule has 4 heteroatoms. The Balaban J connectivity index is 2.16. The highest BCUT2D eigenvalue weighted by Gasteiger charge is 2.24. The Bertz CT molecular complexity index is 196. The van der Waals surface area contributed by atoms with Gasteiger partial charge in [0.15, 0.2) is 0 Å². The number of nitrogens with one attached hydrogen (secondary N) is 1. The zero-order chi connectivity index (χ0) is 10.6. The third-order valence-corrected chi connectivity index (χ3v) is 2.74. The number of aliphatic carboxylic acids is 1. The molecule has 1 heterocycles. The first kappa shape index (κ1) is 11.5. The fourth-order valence-corrected chi connectivity index (χ4v) is 1.73. The smallest absolute Gasteiger partial charge is 0.304 e. The van der Waals surface area contributed by atoms with Gasteiger partial charge in [-0.1, -0.05) is 0 Å². The standard InChI is InChI=1S/C10H19NO3/c1-7(5-10(12)13)11-6-9-3-4-14-8(9)2/h7-9,11H,3-6H2,1-2H3,(H,12,13). The average Bonchev–Trinajstić information content (AvgIpc) is 2.46. The first-order valence-electron chi connectivity index (χ1n) is 5.16. The van der Waals surface area contributed by atoms with E-state index in [9.17, 15) is 4.79 Å². The van der Waals surface area contributed by atoms with E-state index in [4.69, 9.17) is 9.84 Å². The van der Waals surface area contributed by atoms with Crippen molar-refractivity contribution in [2.75, 3.05) is 13.2 Å². The summed E-state index contributed by atoms with van der Waals surface area (Å²) in [5.74, 6) is -0.216. The Morgan fingerprint density at radius 3 is 2.93 bits per heavy atom. The van der Waals surface area contributed by atoms with Crippen molar-refractivity contribution in [1.82, 2.24) is 5.32 Å². The summed E-state index contributed by atoms with van der Waals surface area (Å²) in [7, 11) is 0. The summed E-state index contributed by atoms with van der Waals surface area (Å²) < 4.78 is 5.42. The van der Waals surface area contributed by atoms with Crippen molar-refractivity contribution in [2.24, 2.45) is 5.92 Å². The monoisotopic (exact) mass is 201 g/mol. The Morgan fingerprint density at radius 2 is 2.43 bits per heavy atom. The summed E-state index contributed by atoms with van der Waals surface area (Å²) in [5, 5.41) is 11.8. The third kappa shape index (κ3) is 3.64. The van der Waals surface area contributed by atoms with E-state index in [2.05, 4.69) is 12.2 Å². The van der Waals surface area contributed by atoms with E-state index in [1.165, 1.54) is 0 Å². The lowest BCUT2D eigenvalue weighted by molar-refractivity contribution is -0.137. The summed E-state index contributed by atoms with van der Waals surface area (Å²) in [5.41, 5.74) is 0. The van der Waals surface area contributed by atoms with Gasteiger partial charge in [-0.2, -0.15) is 0 Å². The van der Waals surface area contributed by atoms with Gasteiger partial charge >= 0.3 is 5.97 Å². The van der Waals surface area contributed by atoms with Gasteiger partial charge in [0.05, 0.1) is 12.5 Å². The van der Waals surface area contributed by atoms with Gasteiger partial charge in [0.2, 0.25) is 0 Å². The maximum absolute atomic E-state index is 10.4. The van der Waals surface area contributed by atoms with E-state index in [0.29, 0.717) is 12.0 Å². The molecule has 0 saturated carbocycles. The van der Waals surface area contributed by atoms with E-state index in [1.807, 2.05) is 6.92 Å². The Labute approximate surface area is 84.6 Å². The van der Waals surface area contributed by atoms with Crippen LogP contribution in [0.5, 0.6) is 0 Å². The second-order valence-electron chi connectivity index (χ2n) is 4.03. The number of carbonyl (C=O) groups is 1. The Kier molecular flexibility index (Phi) is 4.35. The number of carboxylic acid groups (broad SMARTS) is 1. The first-order chi connectivity index (χ1) is 6.59. The Morgan fingerprint density at radius 1 is 1.71 bits per heavy atom. The number of carboxylic acids is 1. The third-order valence-electron chi connectivity index (χ3n) is 2.74. The second kappa shape index (κ2) is 5.32. The van der Waals surface area contributed by atoms with Crippen LogP contribution in [0.2, 0.25) is 0 Å². The van der Waals surface area contributed by atoms with Gasteiger partial charge in [0.1, 0.15) is 0 Å². The molecule has 0 bridgehead atoms. The minimum Gasteiger partial charge on any atom is -0.481 e. The number of hydrogen-bond donors (Lipinski definition) is 2. The molecule has 3 unspecified atom stereocenters. The van der Waals surface area contributed by atoms with Gasteiger partial charge in [0.25, 0.3) is 0 Å². The van der Waals surface area contributed by atoms with Crippen molar-refractivity contribution < 1.29 is 14.6 Å². The molecule has 0 aromatic heterocycles. The molecule has 14 heavy (non-hydrogen) atoms. The van der Waals surface area contributed by atoms with E-state index >= 15 is 0 Å². The van der Waals surface area contributed by atoms with Crippen molar-refractivity contribution in [3.05, 3.63) is 0 Å². The lowest BCUT2D eigenvalue weighted by atomic mass is 10.0. The molecule has 2 N–H and O–H groups in total. The number of hydrogen-bond acceptors (Lipinski definition) is 3. The van der Waals surface area contributed by atoms with Crippen LogP contribution < -0.4 is 5.32 Å². The van der Waals surface area contributed by atoms with Gasteiger partial charge in [0, 0.05) is 19.2 Å². The van der Waals surface area contributed by atoms with Gasteiger partial charge in [-0.3, -0.25) is 4.79 Å². The van der Waals surface area contributed by atoms with Crippen molar-refractivity contribution in [1.29, 1.82) is 0 Å². The topological polar surface area (TPSA) is 58.6 Å². The second-order valence-corrected chi connectivity index (χ2v) is 4.03. The molecule has 3 atom stereocenters. The van der Waals surface area contributed by atoms with Crippen molar-refractivity contribution in [2.45, 2.75) is 38.8 Å². The molecule has 1 saturated heterocycles. The van der Waals surface area contributed by atoms with Crippen LogP contribution in [0.15, 0.2) is 0 Å². The minimum absolute atomic E-state index is 0.0419. The molecular weight excluding hydrogens is 182 g/mol. The maximum Gasteiger partial charge on any atom is 0.304 e. The molecule has 82 valence electrons. The number of rotatable bonds is 5. The van der Waals surface area contributed by atoms with E-state index < -0.39 is 5.97 Å². The molecule has 1 aliphatic heterocycles. The molecule has 0 aliphatic carbocycles. The van der Waals surface area contributed by atoms with Gasteiger partial charge < -0.3 is 15.2 Å². The van der Waals surface area contributed by atoms with Crippen LogP contribution in [0.3, 0.4) is 0 Å². The van der Waals surface area contributed by atoms with Crippen LogP contribution in [0.25, 0.3) is 0 Å². The summed E-state index contributed by atoms with van der Waals surface area (Å²) in [6.07, 6.45) is 1.56. The molecule has 0 aromatic carbocycles. The zero-order valence-corrected chi connectivity index (χ0v) is 8.82. The van der Waals surface area contributed by atoms with E-state index in [0.717, 1.165) is 19.6 Å².